The SMILES string of the molecule is [2H]C(O)(C=C)c1c([Si])cccc1C(=O)c1ccccc1. The zero-order chi connectivity index (χ0) is 14.8. The molecule has 0 heterocycles. The van der Waals surface area contributed by atoms with Crippen molar-refractivity contribution in [2.75, 3.05) is 0 Å². The van der Waals surface area contributed by atoms with Crippen LogP contribution in [0, 0.1) is 0 Å². The van der Waals surface area contributed by atoms with Gasteiger partial charge >= 0.3 is 0 Å². The van der Waals surface area contributed by atoms with Gasteiger partial charge in [-0.25, -0.2) is 0 Å². The van der Waals surface area contributed by atoms with Gasteiger partial charge in [0.25, 0.3) is 0 Å². The van der Waals surface area contributed by atoms with Crippen LogP contribution in [0.15, 0.2) is 61.2 Å². The minimum atomic E-state index is -2.03. The first-order valence-corrected chi connectivity index (χ1v) is 6.28. The molecule has 0 aliphatic carbocycles. The molecule has 0 aliphatic heterocycles. The summed E-state index contributed by atoms with van der Waals surface area (Å²) in [5, 5.41) is 10.6. The highest BCUT2D eigenvalue weighted by atomic mass is 28.1. The Morgan fingerprint density at radius 2 is 1.95 bits per heavy atom. The molecule has 0 saturated carbocycles. The first-order valence-electron chi connectivity index (χ1n) is 6.28. The lowest BCUT2D eigenvalue weighted by atomic mass is 9.95. The second-order valence-electron chi connectivity index (χ2n) is 4.01. The molecule has 2 aromatic carbocycles. The van der Waals surface area contributed by atoms with Gasteiger partial charge in [0, 0.05) is 11.1 Å². The molecule has 0 fully saturated rings. The van der Waals surface area contributed by atoms with Crippen LogP contribution in [0.2, 0.25) is 0 Å². The molecule has 3 heteroatoms. The van der Waals surface area contributed by atoms with Crippen molar-refractivity contribution < 1.29 is 11.3 Å². The fraction of sp³-hybridized carbons (Fsp3) is 0.0625. The molecule has 3 radical (unpaired) electrons. The number of ketones is 1. The third kappa shape index (κ3) is 2.72. The summed E-state index contributed by atoms with van der Waals surface area (Å²) in [7, 11) is 3.34. The molecule has 1 atom stereocenters. The Labute approximate surface area is 117 Å². The highest BCUT2D eigenvalue weighted by molar-refractivity contribution is 6.34. The zero-order valence-corrected chi connectivity index (χ0v) is 11.3. The van der Waals surface area contributed by atoms with Crippen molar-refractivity contribution in [3.8, 4) is 0 Å². The first kappa shape index (κ1) is 12.1. The van der Waals surface area contributed by atoms with Crippen molar-refractivity contribution in [2.45, 2.75) is 6.08 Å². The molecule has 93 valence electrons. The van der Waals surface area contributed by atoms with Gasteiger partial charge < -0.3 is 5.11 Å². The summed E-state index contributed by atoms with van der Waals surface area (Å²) >= 11 is 0. The lowest BCUT2D eigenvalue weighted by Gasteiger charge is -2.14. The van der Waals surface area contributed by atoms with Crippen LogP contribution in [-0.4, -0.2) is 21.1 Å². The van der Waals surface area contributed by atoms with Crippen molar-refractivity contribution in [2.24, 2.45) is 0 Å². The van der Waals surface area contributed by atoms with E-state index in [0.717, 1.165) is 6.08 Å². The van der Waals surface area contributed by atoms with Gasteiger partial charge in [-0.1, -0.05) is 59.8 Å². The van der Waals surface area contributed by atoms with Crippen LogP contribution in [0.5, 0.6) is 0 Å². The molecule has 2 rings (SSSR count). The number of aliphatic hydroxyl groups is 1. The summed E-state index contributed by atoms with van der Waals surface area (Å²) in [6.07, 6.45) is -0.939. The van der Waals surface area contributed by atoms with E-state index in [-0.39, 0.29) is 16.9 Å². The van der Waals surface area contributed by atoms with E-state index in [9.17, 15) is 9.90 Å². The number of benzene rings is 2. The Morgan fingerprint density at radius 3 is 2.58 bits per heavy atom. The van der Waals surface area contributed by atoms with Gasteiger partial charge in [-0.15, -0.1) is 6.58 Å². The second kappa shape index (κ2) is 5.78. The lowest BCUT2D eigenvalue weighted by Crippen LogP contribution is -2.19. The molecule has 1 unspecified atom stereocenters. The van der Waals surface area contributed by atoms with Gasteiger partial charge in [0.2, 0.25) is 0 Å². The molecule has 19 heavy (non-hydrogen) atoms. The summed E-state index contributed by atoms with van der Waals surface area (Å²) in [5.74, 6) is -0.242. The first-order chi connectivity index (χ1) is 9.47. The van der Waals surface area contributed by atoms with Gasteiger partial charge in [0.15, 0.2) is 5.78 Å². The Hall–Kier alpha value is -1.97. The van der Waals surface area contributed by atoms with Crippen molar-refractivity contribution in [1.29, 1.82) is 0 Å². The second-order valence-corrected chi connectivity index (χ2v) is 4.55. The Balaban J connectivity index is 2.61. The van der Waals surface area contributed by atoms with E-state index in [1.807, 2.05) is 6.07 Å². The van der Waals surface area contributed by atoms with E-state index in [2.05, 4.69) is 16.8 Å². The molecule has 0 bridgehead atoms. The fourth-order valence-electron chi connectivity index (χ4n) is 1.86. The van der Waals surface area contributed by atoms with Crippen molar-refractivity contribution in [1.82, 2.24) is 0 Å². The summed E-state index contributed by atoms with van der Waals surface area (Å²) in [6.45, 7) is 3.45. The number of rotatable bonds is 4. The third-order valence-electron chi connectivity index (χ3n) is 2.79. The third-order valence-corrected chi connectivity index (χ3v) is 3.21. The van der Waals surface area contributed by atoms with E-state index in [1.165, 1.54) is 0 Å². The van der Waals surface area contributed by atoms with Crippen molar-refractivity contribution in [3.05, 3.63) is 77.9 Å². The standard InChI is InChI=1S/C16H13O2Si/c1-2-13(17)15-12(9-6-10-14(15)19)16(18)11-7-4-3-5-8-11/h2-10,13,17H,1H2/i13D. The summed E-state index contributed by atoms with van der Waals surface area (Å²) in [6, 6.07) is 13.7. The van der Waals surface area contributed by atoms with Gasteiger partial charge in [-0.2, -0.15) is 0 Å². The smallest absolute Gasteiger partial charge is 0.193 e. The molecule has 0 spiro atoms. The predicted molar refractivity (Wildman–Crippen MR) is 76.9 cm³/mol. The van der Waals surface area contributed by atoms with Gasteiger partial charge in [-0.05, 0) is 5.56 Å². The average molecular weight is 266 g/mol. The number of carbonyl (C=O) groups is 1. The maximum absolute atomic E-state index is 12.5. The van der Waals surface area contributed by atoms with Gasteiger partial charge in [0.1, 0.15) is 0 Å². The quantitative estimate of drug-likeness (QED) is 0.521. The average Bonchev–Trinajstić information content (AvgIpc) is 2.47. The molecular weight excluding hydrogens is 252 g/mol. The summed E-state index contributed by atoms with van der Waals surface area (Å²) < 4.78 is 7.91. The van der Waals surface area contributed by atoms with E-state index in [0.29, 0.717) is 10.8 Å². The molecule has 0 aromatic heterocycles. The monoisotopic (exact) mass is 266 g/mol. The molecule has 0 amide bonds. The van der Waals surface area contributed by atoms with E-state index < -0.39 is 6.08 Å². The molecule has 2 nitrogen and oxygen atoms in total. The van der Waals surface area contributed by atoms with Crippen LogP contribution >= 0.6 is 0 Å². The Morgan fingerprint density at radius 1 is 1.26 bits per heavy atom. The topological polar surface area (TPSA) is 37.3 Å². The Kier molecular flexibility index (Phi) is 3.67. The molecular formula is C16H13O2Si. The molecule has 2 aromatic rings. The van der Waals surface area contributed by atoms with Crippen LogP contribution in [0.25, 0.3) is 0 Å². The van der Waals surface area contributed by atoms with Crippen molar-refractivity contribution in [3.63, 3.8) is 0 Å². The maximum Gasteiger partial charge on any atom is 0.193 e. The zero-order valence-electron chi connectivity index (χ0n) is 11.3. The predicted octanol–water partition coefficient (Wildman–Crippen LogP) is 1.93. The molecule has 1 N–H and O–H groups in total. The number of hydrogen-bond acceptors (Lipinski definition) is 2. The maximum atomic E-state index is 12.5. The largest absolute Gasteiger partial charge is 0.384 e. The lowest BCUT2D eigenvalue weighted by molar-refractivity contribution is 0.103. The van der Waals surface area contributed by atoms with Crippen LogP contribution in [-0.2, 0) is 0 Å². The van der Waals surface area contributed by atoms with Crippen LogP contribution in [0.1, 0.15) is 28.9 Å². The van der Waals surface area contributed by atoms with Crippen LogP contribution in [0.4, 0.5) is 0 Å². The van der Waals surface area contributed by atoms with Crippen molar-refractivity contribution >= 4 is 21.2 Å². The highest BCUT2D eigenvalue weighted by Crippen LogP contribution is 2.20. The number of hydrogen-bond donors (Lipinski definition) is 1. The van der Waals surface area contributed by atoms with Crippen LogP contribution in [0.3, 0.4) is 0 Å². The Bertz CT molecular complexity index is 651. The molecule has 0 saturated heterocycles. The van der Waals surface area contributed by atoms with Gasteiger partial charge in [-0.3, -0.25) is 4.79 Å². The minimum Gasteiger partial charge on any atom is -0.384 e. The minimum absolute atomic E-state index is 0.195. The molecule has 0 aliphatic rings. The number of carbonyl (C=O) groups excluding carboxylic acids is 1. The van der Waals surface area contributed by atoms with E-state index >= 15 is 0 Å². The normalized spacial score (nSPS) is 14.3. The van der Waals surface area contributed by atoms with E-state index in [4.69, 9.17) is 1.37 Å². The van der Waals surface area contributed by atoms with E-state index in [1.54, 1.807) is 42.5 Å². The fourth-order valence-corrected chi connectivity index (χ4v) is 2.22. The van der Waals surface area contributed by atoms with Gasteiger partial charge in [0.05, 0.1) is 17.7 Å². The highest BCUT2D eigenvalue weighted by Gasteiger charge is 2.18. The summed E-state index contributed by atoms with van der Waals surface area (Å²) in [4.78, 5) is 12.5. The van der Waals surface area contributed by atoms with Crippen LogP contribution < -0.4 is 5.19 Å². The summed E-state index contributed by atoms with van der Waals surface area (Å²) in [5.41, 5.74) is 0.979.